The van der Waals surface area contributed by atoms with Gasteiger partial charge in [0, 0.05) is 17.3 Å². The number of carboxylic acid groups (broad SMARTS) is 1. The van der Waals surface area contributed by atoms with Gasteiger partial charge in [-0.2, -0.15) is 0 Å². The van der Waals surface area contributed by atoms with Crippen molar-refractivity contribution in [3.63, 3.8) is 0 Å². The smallest absolute Gasteiger partial charge is 0.341 e. The Morgan fingerprint density at radius 1 is 0.735 bits per heavy atom. The Balaban J connectivity index is 1.76. The van der Waals surface area contributed by atoms with E-state index >= 15 is 0 Å². The van der Waals surface area contributed by atoms with E-state index in [1.807, 2.05) is 60.7 Å². The van der Waals surface area contributed by atoms with Crippen LogP contribution in [0.2, 0.25) is 0 Å². The Morgan fingerprint density at radius 3 is 1.74 bits per heavy atom. The first kappa shape index (κ1) is 26.6. The van der Waals surface area contributed by atoms with Gasteiger partial charge in [0.05, 0.1) is 0 Å². The van der Waals surface area contributed by atoms with Crippen LogP contribution in [0.1, 0.15) is 66.9 Å². The van der Waals surface area contributed by atoms with E-state index in [0.29, 0.717) is 26.7 Å². The first-order chi connectivity index (χ1) is 16.7. The molecule has 0 saturated heterocycles. The third-order valence-corrected chi connectivity index (χ3v) is 8.23. The van der Waals surface area contributed by atoms with Crippen molar-refractivity contribution < 1.29 is 9.90 Å². The number of benzene rings is 2. The SMILES string of the molecule is CCCCCCCCSc1nc(SCc2ccccc2)c(C(=O)O)c(SCc2ccccc2)n1. The number of hydrogen-bond donors (Lipinski definition) is 1. The maximum Gasteiger partial charge on any atom is 0.341 e. The van der Waals surface area contributed by atoms with E-state index in [1.54, 1.807) is 11.8 Å². The molecule has 0 radical (unpaired) electrons. The number of nitrogens with zero attached hydrogens (tertiary/aromatic N) is 2. The molecule has 0 amide bonds. The fourth-order valence-electron chi connectivity index (χ4n) is 3.36. The van der Waals surface area contributed by atoms with Crippen LogP contribution in [0, 0.1) is 0 Å². The molecule has 1 heterocycles. The van der Waals surface area contributed by atoms with Gasteiger partial charge in [0.25, 0.3) is 0 Å². The van der Waals surface area contributed by atoms with Crippen molar-refractivity contribution in [1.29, 1.82) is 0 Å². The minimum absolute atomic E-state index is 0.214. The Kier molecular flexibility index (Phi) is 11.8. The number of hydrogen-bond acceptors (Lipinski definition) is 6. The van der Waals surface area contributed by atoms with Crippen LogP contribution in [0.3, 0.4) is 0 Å². The van der Waals surface area contributed by atoms with E-state index in [1.165, 1.54) is 55.6 Å². The summed E-state index contributed by atoms with van der Waals surface area (Å²) < 4.78 is 0. The fourth-order valence-corrected chi connectivity index (χ4v) is 6.33. The molecule has 1 aromatic heterocycles. The van der Waals surface area contributed by atoms with E-state index in [9.17, 15) is 9.90 Å². The van der Waals surface area contributed by atoms with Crippen LogP contribution in [0.25, 0.3) is 0 Å². The number of thioether (sulfide) groups is 3. The van der Waals surface area contributed by atoms with Crippen molar-refractivity contribution in [2.24, 2.45) is 0 Å². The summed E-state index contributed by atoms with van der Waals surface area (Å²) >= 11 is 4.58. The quantitative estimate of drug-likeness (QED) is 0.0952. The highest BCUT2D eigenvalue weighted by atomic mass is 32.2. The second-order valence-corrected chi connectivity index (χ2v) is 11.0. The lowest BCUT2D eigenvalue weighted by atomic mass is 10.1. The van der Waals surface area contributed by atoms with Crippen molar-refractivity contribution in [2.45, 2.75) is 72.2 Å². The molecule has 0 atom stereocenters. The van der Waals surface area contributed by atoms with Crippen molar-refractivity contribution in [3.05, 3.63) is 77.4 Å². The van der Waals surface area contributed by atoms with Crippen molar-refractivity contribution in [2.75, 3.05) is 5.75 Å². The second-order valence-electron chi connectivity index (χ2n) is 7.96. The molecule has 4 nitrogen and oxygen atoms in total. The van der Waals surface area contributed by atoms with Crippen LogP contribution in [-0.4, -0.2) is 26.8 Å². The summed E-state index contributed by atoms with van der Waals surface area (Å²) in [6.45, 7) is 2.23. The van der Waals surface area contributed by atoms with Gasteiger partial charge in [-0.15, -0.1) is 23.5 Å². The molecule has 0 saturated carbocycles. The molecule has 0 aliphatic carbocycles. The molecule has 3 rings (SSSR count). The standard InChI is InChI=1S/C27H32N2O2S3/c1-2-3-4-5-6-13-18-32-27-28-24(33-19-21-14-9-7-10-15-21)23(26(30)31)25(29-27)34-20-22-16-11-8-12-17-22/h7-12,14-17H,2-6,13,18-20H2,1H3,(H,30,31). The number of rotatable bonds is 15. The van der Waals surface area contributed by atoms with Gasteiger partial charge >= 0.3 is 5.97 Å². The number of aromatic carboxylic acids is 1. The first-order valence-electron chi connectivity index (χ1n) is 11.8. The third-order valence-electron chi connectivity index (χ3n) is 5.20. The molecule has 0 spiro atoms. The molecule has 3 aromatic rings. The maximum atomic E-state index is 12.2. The zero-order valence-corrected chi connectivity index (χ0v) is 22.1. The van der Waals surface area contributed by atoms with Crippen LogP contribution in [0.15, 0.2) is 75.9 Å². The molecular weight excluding hydrogens is 481 g/mol. The van der Waals surface area contributed by atoms with Gasteiger partial charge in [-0.1, -0.05) is 111 Å². The summed E-state index contributed by atoms with van der Waals surface area (Å²) in [4.78, 5) is 21.6. The molecule has 0 bridgehead atoms. The average Bonchev–Trinajstić information content (AvgIpc) is 2.86. The van der Waals surface area contributed by atoms with Gasteiger partial charge in [-0.3, -0.25) is 0 Å². The second kappa shape index (κ2) is 15.1. The zero-order chi connectivity index (χ0) is 24.0. The molecule has 34 heavy (non-hydrogen) atoms. The summed E-state index contributed by atoms with van der Waals surface area (Å²) in [5.41, 5.74) is 2.50. The van der Waals surface area contributed by atoms with Gasteiger partial charge < -0.3 is 5.11 Å². The molecule has 0 aliphatic rings. The highest BCUT2D eigenvalue weighted by molar-refractivity contribution is 8.00. The molecular formula is C27H32N2O2S3. The maximum absolute atomic E-state index is 12.2. The van der Waals surface area contributed by atoms with Crippen LogP contribution in [0.5, 0.6) is 0 Å². The summed E-state index contributed by atoms with van der Waals surface area (Å²) in [7, 11) is 0. The lowest BCUT2D eigenvalue weighted by Crippen LogP contribution is -2.08. The van der Waals surface area contributed by atoms with Gasteiger partial charge in [0.1, 0.15) is 15.6 Å². The molecule has 1 N–H and O–H groups in total. The number of carbonyl (C=O) groups is 1. The van der Waals surface area contributed by atoms with E-state index in [0.717, 1.165) is 23.3 Å². The Morgan fingerprint density at radius 2 is 1.24 bits per heavy atom. The van der Waals surface area contributed by atoms with Crippen molar-refractivity contribution in [1.82, 2.24) is 9.97 Å². The average molecular weight is 513 g/mol. The molecule has 7 heteroatoms. The highest BCUT2D eigenvalue weighted by Crippen LogP contribution is 2.34. The van der Waals surface area contributed by atoms with Crippen LogP contribution in [0.4, 0.5) is 0 Å². The van der Waals surface area contributed by atoms with Crippen LogP contribution in [-0.2, 0) is 11.5 Å². The third kappa shape index (κ3) is 9.01. The normalized spacial score (nSPS) is 11.0. The molecule has 0 fully saturated rings. The molecule has 180 valence electrons. The summed E-state index contributed by atoms with van der Waals surface area (Å²) in [5.74, 6) is 1.31. The Hall–Kier alpha value is -1.96. The van der Waals surface area contributed by atoms with Gasteiger partial charge in [0.2, 0.25) is 0 Å². The molecule has 0 aliphatic heterocycles. The minimum Gasteiger partial charge on any atom is -0.477 e. The topological polar surface area (TPSA) is 63.1 Å². The Bertz CT molecular complexity index is 952. The number of aromatic nitrogens is 2. The Labute approximate surface area is 215 Å². The summed E-state index contributed by atoms with van der Waals surface area (Å²) in [6.07, 6.45) is 7.46. The summed E-state index contributed by atoms with van der Waals surface area (Å²) in [5, 5.41) is 11.8. The predicted octanol–water partition coefficient (Wildman–Crippen LogP) is 8.21. The lowest BCUT2D eigenvalue weighted by molar-refractivity contribution is 0.0686. The van der Waals surface area contributed by atoms with E-state index < -0.39 is 5.97 Å². The number of carboxylic acids is 1. The lowest BCUT2D eigenvalue weighted by Gasteiger charge is -2.12. The van der Waals surface area contributed by atoms with E-state index in [2.05, 4.69) is 6.92 Å². The van der Waals surface area contributed by atoms with E-state index in [-0.39, 0.29) is 5.56 Å². The summed E-state index contributed by atoms with van der Waals surface area (Å²) in [6, 6.07) is 20.2. The van der Waals surface area contributed by atoms with Gasteiger partial charge in [-0.25, -0.2) is 14.8 Å². The first-order valence-corrected chi connectivity index (χ1v) is 14.7. The van der Waals surface area contributed by atoms with E-state index in [4.69, 9.17) is 9.97 Å². The van der Waals surface area contributed by atoms with Crippen LogP contribution >= 0.6 is 35.3 Å². The zero-order valence-electron chi connectivity index (χ0n) is 19.6. The van der Waals surface area contributed by atoms with Gasteiger partial charge in [-0.05, 0) is 17.5 Å². The van der Waals surface area contributed by atoms with Crippen molar-refractivity contribution in [3.8, 4) is 0 Å². The predicted molar refractivity (Wildman–Crippen MR) is 145 cm³/mol. The molecule has 0 unspecified atom stereocenters. The van der Waals surface area contributed by atoms with Crippen molar-refractivity contribution >= 4 is 41.3 Å². The monoisotopic (exact) mass is 512 g/mol. The van der Waals surface area contributed by atoms with Gasteiger partial charge in [0.15, 0.2) is 5.16 Å². The highest BCUT2D eigenvalue weighted by Gasteiger charge is 2.22. The largest absolute Gasteiger partial charge is 0.477 e. The minimum atomic E-state index is -0.974. The number of unbranched alkanes of at least 4 members (excludes halogenated alkanes) is 5. The molecule has 2 aromatic carbocycles. The van der Waals surface area contributed by atoms with Crippen LogP contribution < -0.4 is 0 Å². The fraction of sp³-hybridized carbons (Fsp3) is 0.370.